The first-order chi connectivity index (χ1) is 13.7. The maximum absolute atomic E-state index is 12.3. The van der Waals surface area contributed by atoms with Crippen molar-refractivity contribution in [2.45, 2.75) is 25.8 Å². The van der Waals surface area contributed by atoms with Crippen molar-refractivity contribution in [3.63, 3.8) is 0 Å². The second kappa shape index (κ2) is 9.75. The van der Waals surface area contributed by atoms with Gasteiger partial charge in [-0.25, -0.2) is 0 Å². The lowest BCUT2D eigenvalue weighted by Gasteiger charge is -2.26. The maximum Gasteiger partial charge on any atom is 0.219 e. The first kappa shape index (κ1) is 19.7. The normalized spacial score (nSPS) is 11.6. The number of hydrogen-bond acceptors (Lipinski definition) is 2. The maximum atomic E-state index is 12.3. The van der Waals surface area contributed by atoms with Crippen LogP contribution >= 0.6 is 0 Å². The number of carbonyl (C=O) groups is 1. The third-order valence-corrected chi connectivity index (χ3v) is 5.07. The van der Waals surface area contributed by atoms with Crippen LogP contribution < -0.4 is 4.74 Å². The van der Waals surface area contributed by atoms with Gasteiger partial charge in [0.2, 0.25) is 5.91 Å². The Hall–Kier alpha value is -3.07. The van der Waals surface area contributed by atoms with E-state index in [4.69, 9.17) is 4.74 Å². The minimum atomic E-state index is 0.0932. The number of carbonyl (C=O) groups excluding carboxylic acids is 1. The molecule has 3 aromatic rings. The van der Waals surface area contributed by atoms with E-state index in [0.29, 0.717) is 13.1 Å². The van der Waals surface area contributed by atoms with Crippen LogP contribution in [0.4, 0.5) is 0 Å². The van der Waals surface area contributed by atoms with E-state index in [9.17, 15) is 4.79 Å². The van der Waals surface area contributed by atoms with Crippen molar-refractivity contribution in [2.75, 3.05) is 13.7 Å². The molecule has 0 saturated heterocycles. The third kappa shape index (κ3) is 5.01. The highest BCUT2D eigenvalue weighted by Gasteiger charge is 2.20. The van der Waals surface area contributed by atoms with Gasteiger partial charge in [-0.05, 0) is 23.6 Å². The molecule has 0 aliphatic carbocycles. The Bertz CT molecular complexity index is 877. The van der Waals surface area contributed by atoms with Crippen molar-refractivity contribution in [3.8, 4) is 5.75 Å². The molecular weight excluding hydrogens is 346 g/mol. The molecule has 0 aliphatic heterocycles. The van der Waals surface area contributed by atoms with E-state index in [1.807, 2.05) is 47.4 Å². The summed E-state index contributed by atoms with van der Waals surface area (Å²) >= 11 is 0. The van der Waals surface area contributed by atoms with Crippen LogP contribution in [0.5, 0.6) is 5.75 Å². The molecule has 144 valence electrons. The summed E-state index contributed by atoms with van der Waals surface area (Å²) in [4.78, 5) is 14.2. The van der Waals surface area contributed by atoms with Crippen molar-refractivity contribution in [3.05, 3.63) is 102 Å². The smallest absolute Gasteiger partial charge is 0.219 e. The van der Waals surface area contributed by atoms with Crippen molar-refractivity contribution < 1.29 is 9.53 Å². The highest BCUT2D eigenvalue weighted by atomic mass is 16.5. The van der Waals surface area contributed by atoms with E-state index in [-0.39, 0.29) is 11.8 Å². The van der Waals surface area contributed by atoms with Gasteiger partial charge in [0.1, 0.15) is 5.75 Å². The van der Waals surface area contributed by atoms with Gasteiger partial charge >= 0.3 is 0 Å². The molecular formula is C25H27NO2. The van der Waals surface area contributed by atoms with E-state index < -0.39 is 0 Å². The zero-order valence-corrected chi connectivity index (χ0v) is 16.5. The zero-order chi connectivity index (χ0) is 19.8. The Balaban J connectivity index is 1.83. The fourth-order valence-corrected chi connectivity index (χ4v) is 3.58. The van der Waals surface area contributed by atoms with E-state index in [2.05, 4.69) is 42.5 Å². The molecule has 0 aromatic heterocycles. The number of ether oxygens (including phenoxy) is 1. The Morgan fingerprint density at radius 3 is 2.14 bits per heavy atom. The van der Waals surface area contributed by atoms with Crippen molar-refractivity contribution in [1.29, 1.82) is 0 Å². The van der Waals surface area contributed by atoms with Crippen LogP contribution in [0.1, 0.15) is 36.0 Å². The number of para-hydroxylation sites is 1. The first-order valence-electron chi connectivity index (χ1n) is 9.66. The van der Waals surface area contributed by atoms with Gasteiger partial charge in [0, 0.05) is 31.5 Å². The summed E-state index contributed by atoms with van der Waals surface area (Å²) in [5, 5.41) is 0. The molecule has 0 spiro atoms. The molecule has 0 saturated carbocycles. The Labute approximate surface area is 167 Å². The minimum Gasteiger partial charge on any atom is -0.496 e. The number of hydrogen-bond donors (Lipinski definition) is 0. The van der Waals surface area contributed by atoms with E-state index in [0.717, 1.165) is 23.3 Å². The Morgan fingerprint density at radius 1 is 0.893 bits per heavy atom. The molecule has 0 radical (unpaired) electrons. The number of methoxy groups -OCH3 is 1. The highest BCUT2D eigenvalue weighted by Crippen LogP contribution is 2.34. The number of amides is 1. The summed E-state index contributed by atoms with van der Waals surface area (Å²) in [6.07, 6.45) is 0.830. The fraction of sp³-hybridized carbons (Fsp3) is 0.240. The number of benzene rings is 3. The summed E-state index contributed by atoms with van der Waals surface area (Å²) in [5.41, 5.74) is 3.53. The summed E-state index contributed by atoms with van der Waals surface area (Å²) < 4.78 is 5.62. The lowest BCUT2D eigenvalue weighted by Crippen LogP contribution is -2.30. The quantitative estimate of drug-likeness (QED) is 0.539. The van der Waals surface area contributed by atoms with Gasteiger partial charge in [-0.1, -0.05) is 78.9 Å². The lowest BCUT2D eigenvalue weighted by molar-refractivity contribution is -0.129. The molecule has 28 heavy (non-hydrogen) atoms. The largest absolute Gasteiger partial charge is 0.496 e. The van der Waals surface area contributed by atoms with Crippen LogP contribution in [0.2, 0.25) is 0 Å². The fourth-order valence-electron chi connectivity index (χ4n) is 3.58. The number of rotatable bonds is 8. The molecule has 0 N–H and O–H groups in total. The SMILES string of the molecule is COc1ccccc1[C@@H](CCN(Cc1ccccc1)C(C)=O)c1ccccc1. The molecule has 1 atom stereocenters. The van der Waals surface area contributed by atoms with Crippen LogP contribution in [0.15, 0.2) is 84.9 Å². The molecule has 0 heterocycles. The van der Waals surface area contributed by atoms with Gasteiger partial charge in [0.15, 0.2) is 0 Å². The summed E-state index contributed by atoms with van der Waals surface area (Å²) in [7, 11) is 1.71. The van der Waals surface area contributed by atoms with Crippen molar-refractivity contribution >= 4 is 5.91 Å². The second-order valence-corrected chi connectivity index (χ2v) is 6.92. The van der Waals surface area contributed by atoms with Crippen LogP contribution in [-0.2, 0) is 11.3 Å². The van der Waals surface area contributed by atoms with Crippen molar-refractivity contribution in [2.24, 2.45) is 0 Å². The van der Waals surface area contributed by atoms with Gasteiger partial charge in [-0.15, -0.1) is 0 Å². The van der Waals surface area contributed by atoms with Crippen LogP contribution in [0, 0.1) is 0 Å². The standard InChI is InChI=1S/C25H27NO2/c1-20(27)26(19-21-11-5-3-6-12-21)18-17-23(22-13-7-4-8-14-22)24-15-9-10-16-25(24)28-2/h3-16,23H,17-19H2,1-2H3/t23-/m0/s1. The van der Waals surface area contributed by atoms with Gasteiger partial charge in [-0.2, -0.15) is 0 Å². The van der Waals surface area contributed by atoms with Gasteiger partial charge in [0.25, 0.3) is 0 Å². The van der Waals surface area contributed by atoms with E-state index in [1.165, 1.54) is 5.56 Å². The minimum absolute atomic E-state index is 0.0932. The average molecular weight is 373 g/mol. The van der Waals surface area contributed by atoms with Gasteiger partial charge in [-0.3, -0.25) is 4.79 Å². The molecule has 3 aromatic carbocycles. The molecule has 1 amide bonds. The molecule has 3 rings (SSSR count). The Kier molecular flexibility index (Phi) is 6.85. The third-order valence-electron chi connectivity index (χ3n) is 5.07. The van der Waals surface area contributed by atoms with Crippen LogP contribution in [0.25, 0.3) is 0 Å². The van der Waals surface area contributed by atoms with E-state index in [1.54, 1.807) is 14.0 Å². The molecule has 0 bridgehead atoms. The summed E-state index contributed by atoms with van der Waals surface area (Å²) in [5.74, 6) is 1.14. The number of nitrogens with zero attached hydrogens (tertiary/aromatic N) is 1. The molecule has 0 fully saturated rings. The molecule has 0 unspecified atom stereocenters. The molecule has 3 heteroatoms. The van der Waals surface area contributed by atoms with Crippen LogP contribution in [0.3, 0.4) is 0 Å². The second-order valence-electron chi connectivity index (χ2n) is 6.92. The first-order valence-corrected chi connectivity index (χ1v) is 9.66. The van der Waals surface area contributed by atoms with Gasteiger partial charge in [0.05, 0.1) is 7.11 Å². The predicted molar refractivity (Wildman–Crippen MR) is 113 cm³/mol. The van der Waals surface area contributed by atoms with E-state index >= 15 is 0 Å². The monoisotopic (exact) mass is 373 g/mol. The predicted octanol–water partition coefficient (Wildman–Crippen LogP) is 5.27. The summed E-state index contributed by atoms with van der Waals surface area (Å²) in [6, 6.07) is 28.7. The topological polar surface area (TPSA) is 29.5 Å². The zero-order valence-electron chi connectivity index (χ0n) is 16.5. The summed E-state index contributed by atoms with van der Waals surface area (Å²) in [6.45, 7) is 2.95. The average Bonchev–Trinajstić information content (AvgIpc) is 2.74. The molecule has 0 aliphatic rings. The Morgan fingerprint density at radius 2 is 1.50 bits per heavy atom. The highest BCUT2D eigenvalue weighted by molar-refractivity contribution is 5.73. The van der Waals surface area contributed by atoms with Gasteiger partial charge < -0.3 is 9.64 Å². The van der Waals surface area contributed by atoms with Crippen LogP contribution in [-0.4, -0.2) is 24.5 Å². The lowest BCUT2D eigenvalue weighted by atomic mass is 9.87. The molecule has 3 nitrogen and oxygen atoms in total. The van der Waals surface area contributed by atoms with Crippen molar-refractivity contribution in [1.82, 2.24) is 4.90 Å².